The number of hydrogen-bond donors (Lipinski definition) is 1. The molecule has 1 aromatic heterocycles. The number of nitrogens with one attached hydrogen (secondary N) is 1. The second kappa shape index (κ2) is 4.83. The highest BCUT2D eigenvalue weighted by Gasteiger charge is 2.02. The zero-order valence-corrected chi connectivity index (χ0v) is 10.2. The van der Waals surface area contributed by atoms with Gasteiger partial charge in [-0.15, -0.1) is 0 Å². The Hall–Kier alpha value is -2.09. The number of hydrogen-bond acceptors (Lipinski definition) is 1. The molecule has 2 nitrogen and oxygen atoms in total. The fourth-order valence-electron chi connectivity index (χ4n) is 1.87. The van der Waals surface area contributed by atoms with Crippen LogP contribution in [0.3, 0.4) is 0 Å². The molecule has 1 heterocycles. The highest BCUT2D eigenvalue weighted by molar-refractivity contribution is 5.84. The van der Waals surface area contributed by atoms with Gasteiger partial charge in [0, 0.05) is 0 Å². The molecule has 0 saturated carbocycles. The summed E-state index contributed by atoms with van der Waals surface area (Å²) in [6, 6.07) is 6.23. The van der Waals surface area contributed by atoms with Crippen LogP contribution in [-0.4, -0.2) is 9.97 Å². The lowest BCUT2D eigenvalue weighted by atomic mass is 10.0. The fourth-order valence-corrected chi connectivity index (χ4v) is 1.87. The molecule has 17 heavy (non-hydrogen) atoms. The fraction of sp³-hybridized carbons (Fsp3) is 0.133. The zero-order chi connectivity index (χ0) is 12.3. The monoisotopic (exact) mass is 224 g/mol. The first-order chi connectivity index (χ1) is 8.24. The highest BCUT2D eigenvalue weighted by Crippen LogP contribution is 2.21. The molecule has 0 aliphatic heterocycles. The van der Waals surface area contributed by atoms with Crippen LogP contribution in [0.4, 0.5) is 0 Å². The minimum Gasteiger partial charge on any atom is -0.342 e. The van der Waals surface area contributed by atoms with Gasteiger partial charge in [0.15, 0.2) is 0 Å². The van der Waals surface area contributed by atoms with Gasteiger partial charge in [-0.2, -0.15) is 0 Å². The molecule has 0 fully saturated rings. The van der Waals surface area contributed by atoms with E-state index in [1.807, 2.05) is 32.1 Å². The van der Waals surface area contributed by atoms with Crippen LogP contribution in [0.15, 0.2) is 49.1 Å². The Kier molecular flexibility index (Phi) is 3.24. The molecule has 2 rings (SSSR count). The van der Waals surface area contributed by atoms with E-state index < -0.39 is 0 Å². The molecule has 2 aromatic rings. The molecule has 0 aliphatic rings. The van der Waals surface area contributed by atoms with Crippen LogP contribution in [0.25, 0.3) is 16.6 Å². The van der Waals surface area contributed by atoms with Gasteiger partial charge in [-0.25, -0.2) is 4.98 Å². The Morgan fingerprint density at radius 1 is 1.41 bits per heavy atom. The van der Waals surface area contributed by atoms with Crippen molar-refractivity contribution in [2.45, 2.75) is 13.8 Å². The van der Waals surface area contributed by atoms with Crippen molar-refractivity contribution in [3.63, 3.8) is 0 Å². The summed E-state index contributed by atoms with van der Waals surface area (Å²) in [6.45, 7) is 7.72. The number of rotatable bonds is 3. The molecule has 0 amide bonds. The maximum absolute atomic E-state index is 4.39. The Balaban J connectivity index is 2.54. The second-order valence-electron chi connectivity index (χ2n) is 3.91. The van der Waals surface area contributed by atoms with E-state index in [2.05, 4.69) is 34.8 Å². The first-order valence-electron chi connectivity index (χ1n) is 5.66. The molecule has 0 unspecified atom stereocenters. The van der Waals surface area contributed by atoms with Gasteiger partial charge in [-0.05, 0) is 37.1 Å². The predicted molar refractivity (Wildman–Crippen MR) is 73.8 cm³/mol. The largest absolute Gasteiger partial charge is 0.342 e. The lowest BCUT2D eigenvalue weighted by Gasteiger charge is -2.01. The number of benzene rings is 1. The minimum absolute atomic E-state index is 0.942. The van der Waals surface area contributed by atoms with E-state index in [0.717, 1.165) is 22.4 Å². The summed E-state index contributed by atoms with van der Waals surface area (Å²) >= 11 is 0. The van der Waals surface area contributed by atoms with Crippen molar-refractivity contribution in [1.29, 1.82) is 0 Å². The van der Waals surface area contributed by atoms with Crippen molar-refractivity contribution < 1.29 is 0 Å². The number of imidazole rings is 1. The summed E-state index contributed by atoms with van der Waals surface area (Å²) in [5, 5.41) is 0. The van der Waals surface area contributed by atoms with E-state index in [1.165, 1.54) is 5.56 Å². The third kappa shape index (κ3) is 2.36. The van der Waals surface area contributed by atoms with E-state index in [0.29, 0.717) is 0 Å². The second-order valence-corrected chi connectivity index (χ2v) is 3.91. The van der Waals surface area contributed by atoms with E-state index in [4.69, 9.17) is 0 Å². The molecule has 86 valence electrons. The molecular formula is C15H16N2. The van der Waals surface area contributed by atoms with E-state index in [1.54, 1.807) is 6.08 Å². The average molecular weight is 224 g/mol. The summed E-state index contributed by atoms with van der Waals surface area (Å²) in [4.78, 5) is 7.64. The summed E-state index contributed by atoms with van der Waals surface area (Å²) < 4.78 is 0. The highest BCUT2D eigenvalue weighted by atomic mass is 14.9. The number of nitrogens with zero attached hydrogens (tertiary/aromatic N) is 1. The van der Waals surface area contributed by atoms with Crippen LogP contribution >= 0.6 is 0 Å². The minimum atomic E-state index is 0.942. The molecule has 0 radical (unpaired) electrons. The van der Waals surface area contributed by atoms with Crippen LogP contribution in [0, 0.1) is 6.92 Å². The van der Waals surface area contributed by atoms with Crippen molar-refractivity contribution in [3.05, 3.63) is 60.5 Å². The van der Waals surface area contributed by atoms with Gasteiger partial charge in [0.1, 0.15) is 5.82 Å². The van der Waals surface area contributed by atoms with Crippen molar-refractivity contribution in [2.24, 2.45) is 0 Å². The third-order valence-electron chi connectivity index (χ3n) is 2.58. The van der Waals surface area contributed by atoms with Crippen LogP contribution in [0.5, 0.6) is 0 Å². The number of fused-ring (bicyclic) bond motifs is 1. The first-order valence-corrected chi connectivity index (χ1v) is 5.66. The van der Waals surface area contributed by atoms with Gasteiger partial charge in [0.2, 0.25) is 0 Å². The predicted octanol–water partition coefficient (Wildman–Crippen LogP) is 4.02. The standard InChI is InChI=1S/C15H16N2/c1-4-6-12(7-5-2)13-8-9-14-15(10-13)17-11(3)16-14/h4-10H,1H2,2-3H3,(H,16,17)/b7-5-,12-6+. The molecule has 0 spiro atoms. The molecule has 1 aromatic carbocycles. The van der Waals surface area contributed by atoms with Crippen molar-refractivity contribution >= 4 is 16.6 Å². The number of aryl methyl sites for hydroxylation is 1. The SMILES string of the molecule is C=C/C=C(\C=C/C)c1ccc2nc(C)[nH]c2c1. The van der Waals surface area contributed by atoms with Gasteiger partial charge in [-0.1, -0.05) is 36.9 Å². The van der Waals surface area contributed by atoms with Crippen molar-refractivity contribution in [3.8, 4) is 0 Å². The molecule has 0 atom stereocenters. The maximum Gasteiger partial charge on any atom is 0.104 e. The van der Waals surface area contributed by atoms with Crippen molar-refractivity contribution in [2.75, 3.05) is 0 Å². The van der Waals surface area contributed by atoms with E-state index >= 15 is 0 Å². The van der Waals surface area contributed by atoms with Crippen LogP contribution in [0.1, 0.15) is 18.3 Å². The zero-order valence-electron chi connectivity index (χ0n) is 10.2. The number of aromatic nitrogens is 2. The third-order valence-corrected chi connectivity index (χ3v) is 2.58. The Labute approximate surface area is 101 Å². The van der Waals surface area contributed by atoms with Crippen LogP contribution < -0.4 is 0 Å². The van der Waals surface area contributed by atoms with Gasteiger partial charge >= 0.3 is 0 Å². The molecular weight excluding hydrogens is 208 g/mol. The molecule has 0 bridgehead atoms. The van der Waals surface area contributed by atoms with E-state index in [-0.39, 0.29) is 0 Å². The summed E-state index contributed by atoms with van der Waals surface area (Å²) in [7, 11) is 0. The van der Waals surface area contributed by atoms with Crippen molar-refractivity contribution in [1.82, 2.24) is 9.97 Å². The van der Waals surface area contributed by atoms with E-state index in [9.17, 15) is 0 Å². The maximum atomic E-state index is 4.39. The van der Waals surface area contributed by atoms with Gasteiger partial charge < -0.3 is 4.98 Å². The molecule has 0 aliphatic carbocycles. The number of H-pyrrole nitrogens is 1. The number of aromatic amines is 1. The Morgan fingerprint density at radius 3 is 2.94 bits per heavy atom. The lowest BCUT2D eigenvalue weighted by molar-refractivity contribution is 1.17. The normalized spacial score (nSPS) is 12.5. The number of allylic oxidation sites excluding steroid dienone is 5. The first kappa shape index (κ1) is 11.4. The Morgan fingerprint density at radius 2 is 2.24 bits per heavy atom. The summed E-state index contributed by atoms with van der Waals surface area (Å²) in [5.74, 6) is 0.942. The quantitative estimate of drug-likeness (QED) is 0.784. The van der Waals surface area contributed by atoms with Crippen LogP contribution in [-0.2, 0) is 0 Å². The molecule has 1 N–H and O–H groups in total. The topological polar surface area (TPSA) is 28.7 Å². The summed E-state index contributed by atoms with van der Waals surface area (Å²) in [6.07, 6.45) is 7.91. The average Bonchev–Trinajstić information content (AvgIpc) is 2.67. The van der Waals surface area contributed by atoms with Gasteiger partial charge in [-0.3, -0.25) is 0 Å². The molecule has 2 heteroatoms. The smallest absolute Gasteiger partial charge is 0.104 e. The molecule has 0 saturated heterocycles. The Bertz CT molecular complexity index is 600. The van der Waals surface area contributed by atoms with Crippen LogP contribution in [0.2, 0.25) is 0 Å². The van der Waals surface area contributed by atoms with Gasteiger partial charge in [0.05, 0.1) is 11.0 Å². The summed E-state index contributed by atoms with van der Waals surface area (Å²) in [5.41, 5.74) is 4.39. The van der Waals surface area contributed by atoms with Gasteiger partial charge in [0.25, 0.3) is 0 Å². The lowest BCUT2D eigenvalue weighted by Crippen LogP contribution is -1.81.